The summed E-state index contributed by atoms with van der Waals surface area (Å²) in [6.07, 6.45) is -2.28. The van der Waals surface area contributed by atoms with Gasteiger partial charge in [-0.1, -0.05) is 0 Å². The second-order valence-electron chi connectivity index (χ2n) is 5.95. The van der Waals surface area contributed by atoms with E-state index in [1.165, 1.54) is 4.90 Å². The van der Waals surface area contributed by atoms with Crippen LogP contribution in [0.15, 0.2) is 24.3 Å². The Balaban J connectivity index is 1.69. The lowest BCUT2D eigenvalue weighted by Crippen LogP contribution is -2.44. The molecule has 1 aromatic carbocycles. The van der Waals surface area contributed by atoms with Gasteiger partial charge in [0, 0.05) is 31.6 Å². The van der Waals surface area contributed by atoms with E-state index in [-0.39, 0.29) is 37.0 Å². The minimum absolute atomic E-state index is 0.00825. The average molecular weight is 371 g/mol. The van der Waals surface area contributed by atoms with Crippen molar-refractivity contribution >= 4 is 17.7 Å². The number of piperidine rings is 1. The molecule has 0 unspecified atom stereocenters. The van der Waals surface area contributed by atoms with Gasteiger partial charge in [0.05, 0.1) is 12.1 Å². The Hall–Kier alpha value is -2.58. The zero-order chi connectivity index (χ0) is 19.2. The molecular weight excluding hydrogens is 351 g/mol. The molecule has 3 amide bonds. The van der Waals surface area contributed by atoms with Crippen molar-refractivity contribution < 1.29 is 27.6 Å². The highest BCUT2D eigenvalue weighted by Gasteiger charge is 2.30. The standard InChI is InChI=1S/C17H20F3N3O3/c18-17(19,20)13-6-4-12(5-7-13)16(26)22-9-8-21-14(24)11-23-10-2-1-3-15(23)25/h4-7H,1-3,8-11H2,(H,21,24)(H,22,26). The summed E-state index contributed by atoms with van der Waals surface area (Å²) in [5.41, 5.74) is -0.725. The predicted octanol–water partition coefficient (Wildman–Crippen LogP) is 1.56. The summed E-state index contributed by atoms with van der Waals surface area (Å²) in [6.45, 7) is 0.843. The van der Waals surface area contributed by atoms with Crippen molar-refractivity contribution in [1.82, 2.24) is 15.5 Å². The zero-order valence-corrected chi connectivity index (χ0v) is 14.1. The molecule has 9 heteroatoms. The second kappa shape index (κ2) is 8.68. The third-order valence-electron chi connectivity index (χ3n) is 3.96. The molecule has 142 valence electrons. The van der Waals surface area contributed by atoms with E-state index in [9.17, 15) is 27.6 Å². The van der Waals surface area contributed by atoms with E-state index in [0.29, 0.717) is 13.0 Å². The number of likely N-dealkylation sites (tertiary alicyclic amines) is 1. The van der Waals surface area contributed by atoms with Gasteiger partial charge in [0.1, 0.15) is 0 Å². The number of hydrogen-bond acceptors (Lipinski definition) is 3. The number of benzene rings is 1. The van der Waals surface area contributed by atoms with Gasteiger partial charge in [-0.2, -0.15) is 13.2 Å². The van der Waals surface area contributed by atoms with E-state index in [0.717, 1.165) is 37.1 Å². The maximum atomic E-state index is 12.5. The molecule has 1 aliphatic rings. The number of halogens is 3. The molecule has 0 radical (unpaired) electrons. The molecule has 26 heavy (non-hydrogen) atoms. The van der Waals surface area contributed by atoms with Crippen LogP contribution >= 0.6 is 0 Å². The van der Waals surface area contributed by atoms with E-state index in [2.05, 4.69) is 10.6 Å². The summed E-state index contributed by atoms with van der Waals surface area (Å²) in [6, 6.07) is 3.87. The number of nitrogens with one attached hydrogen (secondary N) is 2. The molecule has 1 fully saturated rings. The van der Waals surface area contributed by atoms with Gasteiger partial charge in [0.2, 0.25) is 11.8 Å². The van der Waals surface area contributed by atoms with E-state index < -0.39 is 17.6 Å². The molecule has 0 aromatic heterocycles. The Morgan fingerprint density at radius 2 is 1.69 bits per heavy atom. The molecular formula is C17H20F3N3O3. The third-order valence-corrected chi connectivity index (χ3v) is 3.96. The molecule has 6 nitrogen and oxygen atoms in total. The van der Waals surface area contributed by atoms with Gasteiger partial charge in [0.15, 0.2) is 0 Å². The van der Waals surface area contributed by atoms with Crippen LogP contribution < -0.4 is 10.6 Å². The van der Waals surface area contributed by atoms with Gasteiger partial charge < -0.3 is 15.5 Å². The lowest BCUT2D eigenvalue weighted by Gasteiger charge is -2.25. The van der Waals surface area contributed by atoms with Crippen LogP contribution in [0.1, 0.15) is 35.2 Å². The van der Waals surface area contributed by atoms with Crippen molar-refractivity contribution in [3.8, 4) is 0 Å². The molecule has 2 N–H and O–H groups in total. The predicted molar refractivity (Wildman–Crippen MR) is 87.2 cm³/mol. The first-order valence-electron chi connectivity index (χ1n) is 8.27. The quantitative estimate of drug-likeness (QED) is 0.745. The molecule has 0 aliphatic carbocycles. The maximum Gasteiger partial charge on any atom is 0.416 e. The van der Waals surface area contributed by atoms with Crippen LogP contribution in [0.4, 0.5) is 13.2 Å². The fourth-order valence-electron chi connectivity index (χ4n) is 2.55. The van der Waals surface area contributed by atoms with Gasteiger partial charge >= 0.3 is 6.18 Å². The molecule has 1 saturated heterocycles. The lowest BCUT2D eigenvalue weighted by molar-refractivity contribution is -0.138. The van der Waals surface area contributed by atoms with Crippen molar-refractivity contribution in [3.05, 3.63) is 35.4 Å². The van der Waals surface area contributed by atoms with Crippen molar-refractivity contribution in [2.45, 2.75) is 25.4 Å². The maximum absolute atomic E-state index is 12.5. The fourth-order valence-corrected chi connectivity index (χ4v) is 2.55. The molecule has 0 saturated carbocycles. The zero-order valence-electron chi connectivity index (χ0n) is 14.1. The van der Waals surface area contributed by atoms with Crippen LogP contribution in [-0.2, 0) is 15.8 Å². The van der Waals surface area contributed by atoms with Gasteiger partial charge in [-0.15, -0.1) is 0 Å². The first-order chi connectivity index (χ1) is 12.3. The number of carbonyl (C=O) groups excluding carboxylic acids is 3. The summed E-state index contributed by atoms with van der Waals surface area (Å²) in [7, 11) is 0. The molecule has 2 rings (SSSR count). The lowest BCUT2D eigenvalue weighted by atomic mass is 10.1. The van der Waals surface area contributed by atoms with Gasteiger partial charge in [-0.25, -0.2) is 0 Å². The van der Waals surface area contributed by atoms with Crippen LogP contribution in [0, 0.1) is 0 Å². The SMILES string of the molecule is O=C(CN1CCCCC1=O)NCCNC(=O)c1ccc(C(F)(F)F)cc1. The number of carbonyl (C=O) groups is 3. The number of hydrogen-bond donors (Lipinski definition) is 2. The molecule has 0 spiro atoms. The van der Waals surface area contributed by atoms with E-state index in [1.54, 1.807) is 0 Å². The summed E-state index contributed by atoms with van der Waals surface area (Å²) in [5.74, 6) is -0.884. The first kappa shape index (κ1) is 19.7. The van der Waals surface area contributed by atoms with Crippen LogP contribution in [0.2, 0.25) is 0 Å². The Labute approximate surface area is 148 Å². The van der Waals surface area contributed by atoms with Crippen LogP contribution in [0.25, 0.3) is 0 Å². The second-order valence-corrected chi connectivity index (χ2v) is 5.95. The smallest absolute Gasteiger partial charge is 0.353 e. The Morgan fingerprint density at radius 3 is 2.31 bits per heavy atom. The van der Waals surface area contributed by atoms with Crippen LogP contribution in [0.5, 0.6) is 0 Å². The summed E-state index contributed by atoms with van der Waals surface area (Å²) >= 11 is 0. The topological polar surface area (TPSA) is 78.5 Å². The minimum Gasteiger partial charge on any atom is -0.353 e. The first-order valence-corrected chi connectivity index (χ1v) is 8.27. The van der Waals surface area contributed by atoms with E-state index in [4.69, 9.17) is 0 Å². The minimum atomic E-state index is -4.45. The van der Waals surface area contributed by atoms with Gasteiger partial charge in [0.25, 0.3) is 5.91 Å². The highest BCUT2D eigenvalue weighted by atomic mass is 19.4. The van der Waals surface area contributed by atoms with Crippen LogP contribution in [0.3, 0.4) is 0 Å². The fraction of sp³-hybridized carbons (Fsp3) is 0.471. The van der Waals surface area contributed by atoms with Crippen molar-refractivity contribution in [2.24, 2.45) is 0 Å². The third kappa shape index (κ3) is 5.75. The van der Waals surface area contributed by atoms with Gasteiger partial charge in [-0.3, -0.25) is 14.4 Å². The van der Waals surface area contributed by atoms with Crippen molar-refractivity contribution in [1.29, 1.82) is 0 Å². The molecule has 0 bridgehead atoms. The molecule has 1 aliphatic heterocycles. The van der Waals surface area contributed by atoms with E-state index in [1.807, 2.05) is 0 Å². The largest absolute Gasteiger partial charge is 0.416 e. The van der Waals surface area contributed by atoms with Crippen molar-refractivity contribution in [3.63, 3.8) is 0 Å². The molecule has 1 heterocycles. The number of alkyl halides is 3. The highest BCUT2D eigenvalue weighted by molar-refractivity contribution is 5.94. The summed E-state index contributed by atoms with van der Waals surface area (Å²) in [5, 5.41) is 5.10. The Kier molecular flexibility index (Phi) is 6.59. The highest BCUT2D eigenvalue weighted by Crippen LogP contribution is 2.29. The van der Waals surface area contributed by atoms with Crippen LogP contribution in [-0.4, -0.2) is 48.8 Å². The normalized spacial score (nSPS) is 14.9. The average Bonchev–Trinajstić information content (AvgIpc) is 2.60. The summed E-state index contributed by atoms with van der Waals surface area (Å²) in [4.78, 5) is 36.7. The monoisotopic (exact) mass is 371 g/mol. The van der Waals surface area contributed by atoms with Gasteiger partial charge in [-0.05, 0) is 37.1 Å². The Bertz CT molecular complexity index is 659. The molecule has 0 atom stereocenters. The Morgan fingerprint density at radius 1 is 1.04 bits per heavy atom. The number of amides is 3. The van der Waals surface area contributed by atoms with E-state index >= 15 is 0 Å². The molecule has 1 aromatic rings. The number of rotatable bonds is 6. The van der Waals surface area contributed by atoms with Crippen molar-refractivity contribution in [2.75, 3.05) is 26.2 Å². The number of nitrogens with zero attached hydrogens (tertiary/aromatic N) is 1. The summed E-state index contributed by atoms with van der Waals surface area (Å²) < 4.78 is 37.4.